The number of aliphatic hydroxyl groups is 1. The number of pyridine rings is 1. The van der Waals surface area contributed by atoms with E-state index in [4.69, 9.17) is 21.4 Å². The molecule has 0 spiro atoms. The summed E-state index contributed by atoms with van der Waals surface area (Å²) in [4.78, 5) is 16.6. The lowest BCUT2D eigenvalue weighted by atomic mass is 9.63. The lowest BCUT2D eigenvalue weighted by Crippen LogP contribution is -2.41. The SMILES string of the molecule is N=C(N=C([OH2+])c1ccnc(NCCO)c1)C1(c2ccc(-c3cnc(N)nc3)cc2)CCC1. The lowest BCUT2D eigenvalue weighted by Gasteiger charge is -2.41. The van der Waals surface area contributed by atoms with Gasteiger partial charge < -0.3 is 21.3 Å². The Labute approximate surface area is 185 Å². The Morgan fingerprint density at radius 2 is 1.84 bits per heavy atom. The minimum atomic E-state index is -0.479. The fourth-order valence-electron chi connectivity index (χ4n) is 3.80. The van der Waals surface area contributed by atoms with Gasteiger partial charge in [-0.3, -0.25) is 5.41 Å². The number of nitrogens with one attached hydrogen (secondary N) is 2. The summed E-state index contributed by atoms with van der Waals surface area (Å²) in [6, 6.07) is 11.4. The standard InChI is InChI=1S/C23H25N7O2/c24-21(30-20(32)16-6-9-26-19(12-16)27-10-11-31)23(7-1-8-23)18-4-2-15(3-5-18)17-13-28-22(25)29-14-17/h2-6,9,12-14,31H,1,7-8,10-11H2,(H,26,27)(H2,24,30,32)(H2,25,28,29)/p+1. The van der Waals surface area contributed by atoms with Crippen molar-refractivity contribution in [1.29, 1.82) is 5.41 Å². The van der Waals surface area contributed by atoms with E-state index in [1.165, 1.54) is 0 Å². The average molecular weight is 433 g/mol. The summed E-state index contributed by atoms with van der Waals surface area (Å²) in [7, 11) is 0. The van der Waals surface area contributed by atoms with Crippen LogP contribution in [0, 0.1) is 5.41 Å². The summed E-state index contributed by atoms with van der Waals surface area (Å²) in [5.74, 6) is 1.01. The summed E-state index contributed by atoms with van der Waals surface area (Å²) in [5, 5.41) is 29.0. The van der Waals surface area contributed by atoms with E-state index in [-0.39, 0.29) is 24.3 Å². The second-order valence-electron chi connectivity index (χ2n) is 7.73. The van der Waals surface area contributed by atoms with Crippen LogP contribution in [0.5, 0.6) is 0 Å². The molecule has 7 N–H and O–H groups in total. The molecule has 32 heavy (non-hydrogen) atoms. The van der Waals surface area contributed by atoms with Crippen molar-refractivity contribution in [3.05, 3.63) is 66.1 Å². The highest BCUT2D eigenvalue weighted by Crippen LogP contribution is 2.45. The predicted octanol–water partition coefficient (Wildman–Crippen LogP) is 2.10. The number of nitrogen functional groups attached to an aromatic ring is 1. The Bertz CT molecular complexity index is 1120. The Balaban J connectivity index is 1.56. The first-order valence-electron chi connectivity index (χ1n) is 10.4. The van der Waals surface area contributed by atoms with E-state index >= 15 is 0 Å². The summed E-state index contributed by atoms with van der Waals surface area (Å²) in [5.41, 5.74) is 8.52. The number of aromatic nitrogens is 3. The monoisotopic (exact) mass is 432 g/mol. The zero-order valence-corrected chi connectivity index (χ0v) is 17.5. The molecule has 9 heteroatoms. The lowest BCUT2D eigenvalue weighted by molar-refractivity contribution is 0.311. The molecule has 3 aromatic rings. The molecule has 0 amide bonds. The van der Waals surface area contributed by atoms with Gasteiger partial charge in [-0.05, 0) is 36.1 Å². The molecule has 0 radical (unpaired) electrons. The van der Waals surface area contributed by atoms with Gasteiger partial charge in [0.25, 0.3) is 0 Å². The van der Waals surface area contributed by atoms with Crippen LogP contribution in [0.15, 0.2) is 60.0 Å². The zero-order chi connectivity index (χ0) is 22.6. The second kappa shape index (κ2) is 9.11. The van der Waals surface area contributed by atoms with Crippen molar-refractivity contribution < 1.29 is 10.2 Å². The van der Waals surface area contributed by atoms with Crippen molar-refractivity contribution in [2.45, 2.75) is 24.7 Å². The maximum absolute atomic E-state index is 8.96. The number of hydrogen-bond acceptors (Lipinski definition) is 7. The number of nitrogens with zero attached hydrogens (tertiary/aromatic N) is 4. The van der Waals surface area contributed by atoms with Gasteiger partial charge in [-0.2, -0.15) is 0 Å². The van der Waals surface area contributed by atoms with E-state index in [1.54, 1.807) is 30.7 Å². The van der Waals surface area contributed by atoms with Crippen LogP contribution in [0.1, 0.15) is 30.4 Å². The molecule has 1 aromatic carbocycles. The summed E-state index contributed by atoms with van der Waals surface area (Å²) in [6.45, 7) is 0.364. The Hall–Kier alpha value is -3.85. The van der Waals surface area contributed by atoms with Crippen LogP contribution in [-0.4, -0.2) is 50.0 Å². The van der Waals surface area contributed by atoms with E-state index in [2.05, 4.69) is 25.3 Å². The fraction of sp³-hybridized carbons (Fsp3) is 0.261. The zero-order valence-electron chi connectivity index (χ0n) is 17.5. The minimum absolute atomic E-state index is 0.00889. The van der Waals surface area contributed by atoms with E-state index in [0.717, 1.165) is 36.0 Å². The first kappa shape index (κ1) is 21.4. The maximum atomic E-state index is 8.96. The third kappa shape index (κ3) is 4.28. The molecular formula is C23H26N7O2+. The fourth-order valence-corrected chi connectivity index (χ4v) is 3.80. The first-order valence-corrected chi connectivity index (χ1v) is 10.4. The van der Waals surface area contributed by atoms with Crippen molar-refractivity contribution in [2.75, 3.05) is 24.2 Å². The molecule has 9 nitrogen and oxygen atoms in total. The molecule has 2 heterocycles. The van der Waals surface area contributed by atoms with Gasteiger partial charge in [-0.1, -0.05) is 30.7 Å². The van der Waals surface area contributed by atoms with Crippen molar-refractivity contribution in [1.82, 2.24) is 15.0 Å². The van der Waals surface area contributed by atoms with Crippen molar-refractivity contribution in [2.24, 2.45) is 4.99 Å². The number of aliphatic hydroxyl groups excluding tert-OH is 1. The number of benzene rings is 1. The molecule has 0 unspecified atom stereocenters. The van der Waals surface area contributed by atoms with Gasteiger partial charge >= 0.3 is 5.90 Å². The quantitative estimate of drug-likeness (QED) is 0.254. The molecule has 1 aliphatic rings. The topological polar surface area (TPSA) is 156 Å². The van der Waals surface area contributed by atoms with Crippen LogP contribution >= 0.6 is 0 Å². The number of anilines is 2. The van der Waals surface area contributed by atoms with E-state index in [0.29, 0.717) is 17.9 Å². The number of nitrogens with two attached hydrogens (primary N) is 1. The molecular weight excluding hydrogens is 406 g/mol. The third-order valence-corrected chi connectivity index (χ3v) is 5.78. The molecule has 1 aliphatic carbocycles. The minimum Gasteiger partial charge on any atom is -0.578 e. The van der Waals surface area contributed by atoms with Gasteiger partial charge in [-0.15, -0.1) is 4.99 Å². The van der Waals surface area contributed by atoms with Crippen LogP contribution in [0.2, 0.25) is 0 Å². The Morgan fingerprint density at radius 3 is 2.47 bits per heavy atom. The van der Waals surface area contributed by atoms with Crippen LogP contribution in [-0.2, 0) is 5.41 Å². The third-order valence-electron chi connectivity index (χ3n) is 5.78. The first-order chi connectivity index (χ1) is 15.5. The Kier molecular flexibility index (Phi) is 6.09. The highest BCUT2D eigenvalue weighted by Gasteiger charge is 2.43. The highest BCUT2D eigenvalue weighted by atomic mass is 16.3. The maximum Gasteiger partial charge on any atom is 0.366 e. The van der Waals surface area contributed by atoms with Gasteiger partial charge in [0.2, 0.25) is 5.95 Å². The molecule has 0 atom stereocenters. The van der Waals surface area contributed by atoms with Gasteiger partial charge in [0.1, 0.15) is 11.7 Å². The average Bonchev–Trinajstić information content (AvgIpc) is 2.78. The number of aliphatic imine (C=N–C) groups is 1. The molecule has 164 valence electrons. The van der Waals surface area contributed by atoms with Crippen LogP contribution < -0.4 is 11.1 Å². The van der Waals surface area contributed by atoms with Gasteiger partial charge in [0.15, 0.2) is 0 Å². The summed E-state index contributed by atoms with van der Waals surface area (Å²) >= 11 is 0. The van der Waals surface area contributed by atoms with E-state index in [1.807, 2.05) is 24.3 Å². The normalized spacial score (nSPS) is 15.1. The van der Waals surface area contributed by atoms with Crippen molar-refractivity contribution >= 4 is 23.5 Å². The molecule has 2 aromatic heterocycles. The summed E-state index contributed by atoms with van der Waals surface area (Å²) < 4.78 is 0. The molecule has 0 bridgehead atoms. The molecule has 0 aliphatic heterocycles. The smallest absolute Gasteiger partial charge is 0.366 e. The van der Waals surface area contributed by atoms with Gasteiger partial charge in [0, 0.05) is 30.7 Å². The number of rotatable bonds is 7. The molecule has 4 rings (SSSR count). The predicted molar refractivity (Wildman–Crippen MR) is 125 cm³/mol. The van der Waals surface area contributed by atoms with Crippen molar-refractivity contribution in [3.63, 3.8) is 0 Å². The molecule has 1 saturated carbocycles. The van der Waals surface area contributed by atoms with Gasteiger partial charge in [0.05, 0.1) is 17.6 Å². The second-order valence-corrected chi connectivity index (χ2v) is 7.73. The molecule has 0 saturated heterocycles. The van der Waals surface area contributed by atoms with Crippen molar-refractivity contribution in [3.8, 4) is 11.1 Å². The van der Waals surface area contributed by atoms with Crippen LogP contribution in [0.25, 0.3) is 11.1 Å². The van der Waals surface area contributed by atoms with Crippen LogP contribution in [0.3, 0.4) is 0 Å². The van der Waals surface area contributed by atoms with E-state index < -0.39 is 5.41 Å². The summed E-state index contributed by atoms with van der Waals surface area (Å²) in [6.07, 6.45) is 7.63. The highest BCUT2D eigenvalue weighted by molar-refractivity contribution is 6.05. The van der Waals surface area contributed by atoms with Crippen LogP contribution in [0.4, 0.5) is 11.8 Å². The Morgan fingerprint density at radius 1 is 1.12 bits per heavy atom. The van der Waals surface area contributed by atoms with E-state index in [9.17, 15) is 0 Å². The van der Waals surface area contributed by atoms with Gasteiger partial charge in [-0.25, -0.2) is 15.0 Å². The molecule has 1 fully saturated rings. The largest absolute Gasteiger partial charge is 0.578 e. The number of hydrogen-bond donors (Lipinski definition) is 4. The number of amidine groups is 1.